The molecule has 0 radical (unpaired) electrons. The largest absolute Gasteiger partial charge is 0.298 e. The minimum atomic E-state index is -0.570. The third-order valence-corrected chi connectivity index (χ3v) is 6.01. The van der Waals surface area contributed by atoms with Crippen LogP contribution in [0.5, 0.6) is 0 Å². The Morgan fingerprint density at radius 3 is 1.50 bits per heavy atom. The van der Waals surface area contributed by atoms with Crippen molar-refractivity contribution in [3.8, 4) is 0 Å². The summed E-state index contributed by atoms with van der Waals surface area (Å²) in [5.74, 6) is -1.30. The number of rotatable bonds is 6. The van der Waals surface area contributed by atoms with E-state index in [2.05, 4.69) is 0 Å². The second-order valence-electron chi connectivity index (χ2n) is 5.78. The molecule has 0 aliphatic rings. The number of nitro benzene ring substituents is 2. The van der Waals surface area contributed by atoms with Gasteiger partial charge in [-0.1, -0.05) is 26.0 Å². The van der Waals surface area contributed by atoms with E-state index in [9.17, 15) is 25.0 Å². The molecule has 0 aliphatic carbocycles. The lowest BCUT2D eigenvalue weighted by Gasteiger charge is -2.17. The van der Waals surface area contributed by atoms with Crippen LogP contribution < -0.4 is 0 Å². The molecule has 9 heteroatoms. The molecule has 0 spiro atoms. The van der Waals surface area contributed by atoms with Crippen LogP contribution in [0.15, 0.2) is 36.4 Å². The number of ketones is 1. The second kappa shape index (κ2) is 8.37. The van der Waals surface area contributed by atoms with Crippen molar-refractivity contribution in [1.82, 2.24) is 0 Å². The third kappa shape index (κ3) is 4.37. The maximum atomic E-state index is 12.8. The Bertz CT molecular complexity index is 829. The van der Waals surface area contributed by atoms with Gasteiger partial charge in [0.1, 0.15) is 5.78 Å². The minimum absolute atomic E-state index is 0.0414. The van der Waals surface area contributed by atoms with Crippen molar-refractivity contribution in [2.24, 2.45) is 0 Å². The van der Waals surface area contributed by atoms with Crippen LogP contribution in [0.1, 0.15) is 36.8 Å². The molecule has 0 amide bonds. The second-order valence-corrected chi connectivity index (χ2v) is 8.11. The Balaban J connectivity index is 2.33. The van der Waals surface area contributed by atoms with Crippen LogP contribution in [0.2, 0.25) is 0 Å². The fourth-order valence-electron chi connectivity index (χ4n) is 2.58. The van der Waals surface area contributed by atoms with E-state index in [1.807, 2.05) is 45.2 Å². The maximum Gasteiger partial charge on any atom is 0.282 e. The zero-order valence-corrected chi connectivity index (χ0v) is 18.1. The number of carbonyl (C=O) groups excluding carboxylic acids is 1. The molecule has 0 aliphatic heterocycles. The first kappa shape index (κ1) is 20.7. The molecule has 0 heterocycles. The van der Waals surface area contributed by atoms with Crippen LogP contribution in [0.25, 0.3) is 0 Å². The third-order valence-electron chi connectivity index (χ3n) is 4.19. The Kier molecular flexibility index (Phi) is 6.66. The van der Waals surface area contributed by atoms with Gasteiger partial charge in [-0.25, -0.2) is 0 Å². The Labute approximate surface area is 176 Å². The highest BCUT2D eigenvalue weighted by molar-refractivity contribution is 14.1. The number of hydrogen-bond donors (Lipinski definition) is 0. The summed E-state index contributed by atoms with van der Waals surface area (Å²) >= 11 is 3.75. The molecular formula is C17H14I2N2O5. The quantitative estimate of drug-likeness (QED) is 0.266. The predicted molar refractivity (Wildman–Crippen MR) is 113 cm³/mol. The highest BCUT2D eigenvalue weighted by Crippen LogP contribution is 2.32. The highest BCUT2D eigenvalue weighted by atomic mass is 127. The smallest absolute Gasteiger partial charge is 0.282 e. The first-order valence-electron chi connectivity index (χ1n) is 7.55. The number of carbonyl (C=O) groups is 1. The van der Waals surface area contributed by atoms with Crippen LogP contribution in [0, 0.1) is 27.4 Å². The fraction of sp³-hybridized carbons (Fsp3) is 0.235. The number of Topliss-reactive ketones (excluding diaryl/α,β-unsaturated/α-hetero) is 1. The van der Waals surface area contributed by atoms with Crippen molar-refractivity contribution < 1.29 is 14.6 Å². The standard InChI is InChI=1S/C17H14I2N2O5/c1-9(11-3-5-13(18)15(7-11)20(23)24)17(22)10(2)12-4-6-14(19)16(8-12)21(25)26/h3-10H,1-2H3. The first-order valence-corrected chi connectivity index (χ1v) is 9.70. The Morgan fingerprint density at radius 1 is 0.846 bits per heavy atom. The van der Waals surface area contributed by atoms with E-state index in [0.29, 0.717) is 18.3 Å². The van der Waals surface area contributed by atoms with E-state index in [4.69, 9.17) is 0 Å². The summed E-state index contributed by atoms with van der Waals surface area (Å²) in [4.78, 5) is 34.1. The molecule has 2 aromatic carbocycles. The number of benzene rings is 2. The molecule has 0 bridgehead atoms. The summed E-state index contributed by atoms with van der Waals surface area (Å²) in [6, 6.07) is 9.43. The minimum Gasteiger partial charge on any atom is -0.298 e. The van der Waals surface area contributed by atoms with Gasteiger partial charge in [-0.05, 0) is 68.4 Å². The van der Waals surface area contributed by atoms with Gasteiger partial charge in [0.05, 0.1) is 17.0 Å². The van der Waals surface area contributed by atoms with E-state index in [1.165, 1.54) is 12.1 Å². The molecule has 7 nitrogen and oxygen atoms in total. The lowest BCUT2D eigenvalue weighted by atomic mass is 9.85. The van der Waals surface area contributed by atoms with E-state index in [-0.39, 0.29) is 17.2 Å². The van der Waals surface area contributed by atoms with Gasteiger partial charge in [0.2, 0.25) is 0 Å². The fourth-order valence-corrected chi connectivity index (χ4v) is 3.65. The summed E-state index contributed by atoms with van der Waals surface area (Å²) in [6.45, 7) is 3.37. The maximum absolute atomic E-state index is 12.8. The van der Waals surface area contributed by atoms with E-state index < -0.39 is 21.7 Å². The van der Waals surface area contributed by atoms with Gasteiger partial charge in [-0.15, -0.1) is 0 Å². The molecule has 2 unspecified atom stereocenters. The van der Waals surface area contributed by atoms with E-state index >= 15 is 0 Å². The van der Waals surface area contributed by atoms with Crippen LogP contribution >= 0.6 is 45.2 Å². The number of halogens is 2. The molecule has 0 N–H and O–H groups in total. The summed E-state index contributed by atoms with van der Waals surface area (Å²) in [7, 11) is 0. The monoisotopic (exact) mass is 580 g/mol. The van der Waals surface area contributed by atoms with Crippen molar-refractivity contribution in [2.75, 3.05) is 0 Å². The van der Waals surface area contributed by atoms with Crippen molar-refractivity contribution in [3.05, 3.63) is 74.9 Å². The van der Waals surface area contributed by atoms with Crippen molar-refractivity contribution in [3.63, 3.8) is 0 Å². The summed E-state index contributed by atoms with van der Waals surface area (Å²) in [5.41, 5.74) is 1.02. The average Bonchev–Trinajstić information content (AvgIpc) is 2.60. The zero-order valence-electron chi connectivity index (χ0n) is 13.8. The van der Waals surface area contributed by atoms with Crippen molar-refractivity contribution in [2.45, 2.75) is 25.7 Å². The molecule has 0 fully saturated rings. The van der Waals surface area contributed by atoms with Crippen LogP contribution in [0.3, 0.4) is 0 Å². The van der Waals surface area contributed by atoms with Crippen molar-refractivity contribution >= 4 is 62.3 Å². The van der Waals surface area contributed by atoms with Gasteiger partial charge in [0, 0.05) is 24.0 Å². The Morgan fingerprint density at radius 2 is 1.19 bits per heavy atom. The summed E-state index contributed by atoms with van der Waals surface area (Å²) < 4.78 is 0.995. The molecule has 0 saturated carbocycles. The lowest BCUT2D eigenvalue weighted by Crippen LogP contribution is -2.17. The normalized spacial score (nSPS) is 13.1. The van der Waals surface area contributed by atoms with Crippen LogP contribution in [-0.4, -0.2) is 15.6 Å². The van der Waals surface area contributed by atoms with E-state index in [1.54, 1.807) is 38.1 Å². The molecule has 0 aromatic heterocycles. The summed E-state index contributed by atoms with van der Waals surface area (Å²) in [6.07, 6.45) is 0. The zero-order chi connectivity index (χ0) is 19.6. The van der Waals surface area contributed by atoms with Gasteiger partial charge >= 0.3 is 0 Å². The summed E-state index contributed by atoms with van der Waals surface area (Å²) in [5, 5.41) is 22.2. The molecule has 2 rings (SSSR count). The molecule has 2 aromatic rings. The Hall–Kier alpha value is -1.63. The van der Waals surface area contributed by atoms with Gasteiger partial charge in [0.15, 0.2) is 0 Å². The first-order chi connectivity index (χ1) is 12.1. The van der Waals surface area contributed by atoms with Gasteiger partial charge in [-0.2, -0.15) is 0 Å². The number of nitro groups is 2. The molecular weight excluding hydrogens is 566 g/mol. The SMILES string of the molecule is CC(C(=O)C(C)c1ccc(I)c([N+](=O)[O-])c1)c1ccc(I)c([N+](=O)[O-])c1. The van der Waals surface area contributed by atoms with Crippen LogP contribution in [0.4, 0.5) is 11.4 Å². The van der Waals surface area contributed by atoms with Gasteiger partial charge in [-0.3, -0.25) is 25.0 Å². The lowest BCUT2D eigenvalue weighted by molar-refractivity contribution is -0.386. The average molecular weight is 580 g/mol. The highest BCUT2D eigenvalue weighted by Gasteiger charge is 2.26. The topological polar surface area (TPSA) is 103 Å². The molecule has 26 heavy (non-hydrogen) atoms. The molecule has 2 atom stereocenters. The molecule has 136 valence electrons. The number of nitrogens with zero attached hydrogens (tertiary/aromatic N) is 2. The van der Waals surface area contributed by atoms with Gasteiger partial charge in [0.25, 0.3) is 11.4 Å². The number of hydrogen-bond acceptors (Lipinski definition) is 5. The van der Waals surface area contributed by atoms with E-state index in [0.717, 1.165) is 0 Å². The molecule has 0 saturated heterocycles. The van der Waals surface area contributed by atoms with Crippen molar-refractivity contribution in [1.29, 1.82) is 0 Å². The van der Waals surface area contributed by atoms with Gasteiger partial charge < -0.3 is 0 Å². The predicted octanol–water partition coefficient (Wildman–Crippen LogP) is 5.19. The van der Waals surface area contributed by atoms with Crippen LogP contribution in [-0.2, 0) is 4.79 Å².